The van der Waals surface area contributed by atoms with Crippen LogP contribution in [-0.2, 0) is 14.4 Å². The first kappa shape index (κ1) is 19.3. The third kappa shape index (κ3) is 3.33. The normalized spacial score (nSPS) is 25.3. The Morgan fingerprint density at radius 2 is 1.93 bits per heavy atom. The Labute approximate surface area is 171 Å². The minimum absolute atomic E-state index is 0.296. The van der Waals surface area contributed by atoms with Crippen LogP contribution in [0, 0.1) is 0 Å². The van der Waals surface area contributed by atoms with Crippen LogP contribution in [0.3, 0.4) is 0 Å². The topological polar surface area (TPSA) is 99.9 Å². The van der Waals surface area contributed by atoms with Crippen molar-refractivity contribution in [1.82, 2.24) is 10.2 Å². The summed E-state index contributed by atoms with van der Waals surface area (Å²) in [6, 6.07) is 11.0. The predicted octanol–water partition coefficient (Wildman–Crippen LogP) is 2.45. The Morgan fingerprint density at radius 1 is 1.21 bits per heavy atom. The SMILES string of the molecule is CC1(C)S[C@@H]2[C@H](NC(=O)C(=Cc3ccccc3)c3ccco3)C(=O)N2[C@H]1C(=O)O. The highest BCUT2D eigenvalue weighted by Gasteiger charge is 2.64. The van der Waals surface area contributed by atoms with E-state index in [9.17, 15) is 19.5 Å². The smallest absolute Gasteiger partial charge is 0.327 e. The molecule has 29 heavy (non-hydrogen) atoms. The third-order valence-electron chi connectivity index (χ3n) is 5.10. The molecule has 2 amide bonds. The van der Waals surface area contributed by atoms with Crippen LogP contribution in [-0.4, -0.2) is 50.0 Å². The van der Waals surface area contributed by atoms with Gasteiger partial charge in [0.1, 0.15) is 23.2 Å². The number of carbonyl (C=O) groups is 3. The van der Waals surface area contributed by atoms with Gasteiger partial charge in [0.15, 0.2) is 0 Å². The van der Waals surface area contributed by atoms with Crippen molar-refractivity contribution in [2.45, 2.75) is 36.1 Å². The minimum Gasteiger partial charge on any atom is -0.480 e. The van der Waals surface area contributed by atoms with Crippen LogP contribution >= 0.6 is 11.8 Å². The summed E-state index contributed by atoms with van der Waals surface area (Å²) < 4.78 is 4.77. The van der Waals surface area contributed by atoms with Gasteiger partial charge in [-0.1, -0.05) is 30.3 Å². The number of carboxylic acid groups (broad SMARTS) is 1. The summed E-state index contributed by atoms with van der Waals surface area (Å²) in [5, 5.41) is 11.9. The summed E-state index contributed by atoms with van der Waals surface area (Å²) in [5.74, 6) is -1.48. The summed E-state index contributed by atoms with van der Waals surface area (Å²) >= 11 is 1.39. The van der Waals surface area contributed by atoms with Gasteiger partial charge in [0.05, 0.1) is 11.8 Å². The van der Waals surface area contributed by atoms with Gasteiger partial charge in [-0.2, -0.15) is 0 Å². The number of carboxylic acids is 1. The van der Waals surface area contributed by atoms with Crippen molar-refractivity contribution in [1.29, 1.82) is 0 Å². The van der Waals surface area contributed by atoms with Gasteiger partial charge in [-0.15, -0.1) is 11.8 Å². The van der Waals surface area contributed by atoms with Crippen LogP contribution in [0.25, 0.3) is 11.6 Å². The van der Waals surface area contributed by atoms with Gasteiger partial charge in [-0.3, -0.25) is 9.59 Å². The van der Waals surface area contributed by atoms with E-state index in [1.54, 1.807) is 32.1 Å². The molecule has 1 aromatic carbocycles. The lowest BCUT2D eigenvalue weighted by Gasteiger charge is -2.43. The largest absolute Gasteiger partial charge is 0.480 e. The number of thioether (sulfide) groups is 1. The Hall–Kier alpha value is -3.00. The Bertz CT molecular complexity index is 984. The van der Waals surface area contributed by atoms with Crippen LogP contribution in [0.4, 0.5) is 0 Å². The zero-order valence-corrected chi connectivity index (χ0v) is 16.7. The first-order valence-electron chi connectivity index (χ1n) is 9.14. The molecular formula is C21H20N2O5S. The second-order valence-corrected chi connectivity index (χ2v) is 9.27. The highest BCUT2D eigenvalue weighted by molar-refractivity contribution is 8.01. The van der Waals surface area contributed by atoms with Crippen molar-refractivity contribution in [3.05, 3.63) is 60.1 Å². The van der Waals surface area contributed by atoms with Crippen molar-refractivity contribution in [3.63, 3.8) is 0 Å². The molecule has 4 rings (SSSR count). The zero-order valence-electron chi connectivity index (χ0n) is 15.9. The molecule has 2 aliphatic rings. The van der Waals surface area contributed by atoms with Crippen LogP contribution in [0.15, 0.2) is 53.1 Å². The first-order valence-corrected chi connectivity index (χ1v) is 10.0. The number of hydrogen-bond acceptors (Lipinski definition) is 5. The van der Waals surface area contributed by atoms with Crippen molar-refractivity contribution in [3.8, 4) is 0 Å². The fourth-order valence-electron chi connectivity index (χ4n) is 3.76. The van der Waals surface area contributed by atoms with E-state index >= 15 is 0 Å². The summed E-state index contributed by atoms with van der Waals surface area (Å²) in [5.41, 5.74) is 1.11. The molecule has 0 saturated carbocycles. The van der Waals surface area contributed by atoms with Crippen LogP contribution in [0.5, 0.6) is 0 Å². The molecule has 0 spiro atoms. The molecule has 2 fully saturated rings. The molecule has 0 aliphatic carbocycles. The fourth-order valence-corrected chi connectivity index (χ4v) is 5.39. The molecule has 7 nitrogen and oxygen atoms in total. The van der Waals surface area contributed by atoms with E-state index < -0.39 is 34.1 Å². The number of carbonyl (C=O) groups excluding carboxylic acids is 2. The molecule has 150 valence electrons. The molecule has 2 aliphatic heterocycles. The van der Waals surface area contributed by atoms with Crippen molar-refractivity contribution >= 4 is 41.2 Å². The molecule has 1 aromatic heterocycles. The quantitative estimate of drug-likeness (QED) is 0.578. The Morgan fingerprint density at radius 3 is 2.55 bits per heavy atom. The highest BCUT2D eigenvalue weighted by atomic mass is 32.2. The standard InChI is InChI=1S/C21H20N2O5S/c1-21(2)16(20(26)27)23-18(25)15(19(23)29-21)22-17(24)13(14-9-6-10-28-14)11-12-7-4-3-5-8-12/h3-11,15-16,19H,1-2H3,(H,22,24)(H,26,27)/t15-,16+,19-/m1/s1. The van der Waals surface area contributed by atoms with Gasteiger partial charge < -0.3 is 19.7 Å². The maximum atomic E-state index is 13.0. The van der Waals surface area contributed by atoms with E-state index in [0.29, 0.717) is 11.3 Å². The number of β-lactam (4-membered cyclic amide) rings is 1. The average molecular weight is 412 g/mol. The third-order valence-corrected chi connectivity index (χ3v) is 6.67. The van der Waals surface area contributed by atoms with Crippen molar-refractivity contribution in [2.24, 2.45) is 0 Å². The number of amides is 2. The van der Waals surface area contributed by atoms with Gasteiger partial charge >= 0.3 is 5.97 Å². The van der Waals surface area contributed by atoms with E-state index in [-0.39, 0.29) is 5.91 Å². The predicted molar refractivity (Wildman–Crippen MR) is 109 cm³/mol. The van der Waals surface area contributed by atoms with E-state index in [1.807, 2.05) is 30.3 Å². The lowest BCUT2D eigenvalue weighted by Crippen LogP contribution is -2.70. The number of nitrogens with zero attached hydrogens (tertiary/aromatic N) is 1. The average Bonchev–Trinajstić information content (AvgIpc) is 3.29. The molecular weight excluding hydrogens is 392 g/mol. The molecule has 0 unspecified atom stereocenters. The monoisotopic (exact) mass is 412 g/mol. The number of benzene rings is 1. The zero-order chi connectivity index (χ0) is 20.8. The fraction of sp³-hybridized carbons (Fsp3) is 0.286. The highest BCUT2D eigenvalue weighted by Crippen LogP contribution is 2.50. The molecule has 0 radical (unpaired) electrons. The van der Waals surface area contributed by atoms with E-state index in [1.165, 1.54) is 22.9 Å². The van der Waals surface area contributed by atoms with Gasteiger partial charge in [-0.25, -0.2) is 4.79 Å². The molecule has 3 heterocycles. The van der Waals surface area contributed by atoms with E-state index in [2.05, 4.69) is 5.32 Å². The molecule has 2 N–H and O–H groups in total. The van der Waals surface area contributed by atoms with Gasteiger partial charge in [0.2, 0.25) is 5.91 Å². The summed E-state index contributed by atoms with van der Waals surface area (Å²) in [7, 11) is 0. The number of aliphatic carboxylic acids is 1. The number of hydrogen-bond donors (Lipinski definition) is 2. The molecule has 2 aromatic rings. The number of fused-ring (bicyclic) bond motifs is 1. The summed E-state index contributed by atoms with van der Waals surface area (Å²) in [6.45, 7) is 3.59. The summed E-state index contributed by atoms with van der Waals surface area (Å²) in [6.07, 6.45) is 3.17. The van der Waals surface area contributed by atoms with Gasteiger partial charge in [0, 0.05) is 4.75 Å². The van der Waals surface area contributed by atoms with E-state index in [4.69, 9.17) is 4.42 Å². The van der Waals surface area contributed by atoms with Crippen molar-refractivity contribution < 1.29 is 23.9 Å². The molecule has 3 atom stereocenters. The number of furan rings is 1. The van der Waals surface area contributed by atoms with Crippen LogP contribution in [0.1, 0.15) is 25.2 Å². The minimum atomic E-state index is -1.04. The summed E-state index contributed by atoms with van der Waals surface area (Å²) in [4.78, 5) is 38.6. The Kier molecular flexibility index (Phi) is 4.74. The first-order chi connectivity index (χ1) is 13.8. The number of nitrogens with one attached hydrogen (secondary N) is 1. The van der Waals surface area contributed by atoms with Crippen LogP contribution < -0.4 is 5.32 Å². The van der Waals surface area contributed by atoms with Crippen LogP contribution in [0.2, 0.25) is 0 Å². The van der Waals surface area contributed by atoms with Crippen molar-refractivity contribution in [2.75, 3.05) is 0 Å². The number of rotatable bonds is 5. The van der Waals surface area contributed by atoms with E-state index in [0.717, 1.165) is 5.56 Å². The molecule has 0 bridgehead atoms. The lowest BCUT2D eigenvalue weighted by atomic mass is 9.95. The maximum absolute atomic E-state index is 13.0. The maximum Gasteiger partial charge on any atom is 0.327 e. The molecule has 2 saturated heterocycles. The second-order valence-electron chi connectivity index (χ2n) is 7.50. The molecule has 8 heteroatoms. The van der Waals surface area contributed by atoms with Gasteiger partial charge in [0.25, 0.3) is 5.91 Å². The Balaban J connectivity index is 1.58. The lowest BCUT2D eigenvalue weighted by molar-refractivity contribution is -0.160. The van der Waals surface area contributed by atoms with Gasteiger partial charge in [-0.05, 0) is 37.6 Å². The second kappa shape index (κ2) is 7.11.